The van der Waals surface area contributed by atoms with Crippen LogP contribution in [0.2, 0.25) is 0 Å². The van der Waals surface area contributed by atoms with Crippen LogP contribution in [-0.4, -0.2) is 50.1 Å². The number of anilines is 3. The molecule has 6 rings (SSSR count). The van der Waals surface area contributed by atoms with Crippen LogP contribution in [0.5, 0.6) is 0 Å². The maximum Gasteiger partial charge on any atom is 0.241 e. The molecule has 0 saturated carbocycles. The third kappa shape index (κ3) is 4.55. The number of fused-ring (bicyclic) bond motifs is 1. The van der Waals surface area contributed by atoms with Crippen molar-refractivity contribution in [2.75, 3.05) is 10.6 Å². The predicted molar refractivity (Wildman–Crippen MR) is 133 cm³/mol. The first-order valence-electron chi connectivity index (χ1n) is 11.2. The first-order valence-corrected chi connectivity index (χ1v) is 11.2. The first kappa shape index (κ1) is 21.3. The zero-order chi connectivity index (χ0) is 24.2. The van der Waals surface area contributed by atoms with Crippen molar-refractivity contribution < 1.29 is 0 Å². The number of H-pyrrole nitrogens is 1. The van der Waals surface area contributed by atoms with Crippen LogP contribution in [0.3, 0.4) is 0 Å². The molecule has 0 fully saturated rings. The summed E-state index contributed by atoms with van der Waals surface area (Å²) < 4.78 is 1.87. The average Bonchev–Trinajstić information content (AvgIpc) is 3.56. The van der Waals surface area contributed by atoms with E-state index in [-0.39, 0.29) is 0 Å². The highest BCUT2D eigenvalue weighted by Gasteiger charge is 2.15. The van der Waals surface area contributed by atoms with Gasteiger partial charge in [-0.1, -0.05) is 35.5 Å². The van der Waals surface area contributed by atoms with Gasteiger partial charge in [0.2, 0.25) is 17.8 Å². The van der Waals surface area contributed by atoms with Crippen LogP contribution in [-0.2, 0) is 13.0 Å². The van der Waals surface area contributed by atoms with Crippen molar-refractivity contribution in [2.24, 2.45) is 0 Å². The van der Waals surface area contributed by atoms with Gasteiger partial charge in [-0.3, -0.25) is 4.98 Å². The molecule has 0 aliphatic rings. The smallest absolute Gasteiger partial charge is 0.241 e. The lowest BCUT2D eigenvalue weighted by Crippen LogP contribution is -2.11. The van der Waals surface area contributed by atoms with Gasteiger partial charge in [-0.25, -0.2) is 19.5 Å². The van der Waals surface area contributed by atoms with Crippen LogP contribution < -0.4 is 10.6 Å². The number of tetrazole rings is 1. The Kier molecular flexibility index (Phi) is 5.64. The molecule has 3 N–H and O–H groups in total. The summed E-state index contributed by atoms with van der Waals surface area (Å²) in [7, 11) is 0. The molecule has 36 heavy (non-hydrogen) atoms. The van der Waals surface area contributed by atoms with Crippen molar-refractivity contribution in [3.05, 3.63) is 96.3 Å². The van der Waals surface area contributed by atoms with Crippen LogP contribution >= 0.6 is 0 Å². The topological polar surface area (TPSA) is 148 Å². The van der Waals surface area contributed by atoms with Crippen LogP contribution in [0.25, 0.3) is 17.0 Å². The number of hydrogen-bond acceptors (Lipinski definition) is 10. The minimum atomic E-state index is 0.408. The monoisotopic (exact) mass is 476 g/mol. The summed E-state index contributed by atoms with van der Waals surface area (Å²) in [5.41, 5.74) is 4.45. The van der Waals surface area contributed by atoms with Gasteiger partial charge in [-0.05, 0) is 42.0 Å². The summed E-state index contributed by atoms with van der Waals surface area (Å²) in [6, 6.07) is 21.5. The number of imidazole rings is 1. The number of aromatic amines is 1. The lowest BCUT2D eigenvalue weighted by atomic mass is 10.1. The molecular formula is C24H20N12. The SMILES string of the molecule is c1ccc(CNc2nc3ccccc3n2-c2ncnc(Nc3cccc(Cc4nn[nH]n4)c3)n2)nc1. The number of pyridine rings is 1. The third-order valence-electron chi connectivity index (χ3n) is 5.41. The largest absolute Gasteiger partial charge is 0.350 e. The maximum absolute atomic E-state index is 4.75. The van der Waals surface area contributed by atoms with Gasteiger partial charge in [0, 0.05) is 18.3 Å². The van der Waals surface area contributed by atoms with Gasteiger partial charge >= 0.3 is 0 Å². The van der Waals surface area contributed by atoms with E-state index in [0.29, 0.717) is 36.6 Å². The Balaban J connectivity index is 1.29. The molecule has 0 radical (unpaired) electrons. The van der Waals surface area contributed by atoms with Crippen LogP contribution in [0, 0.1) is 0 Å². The lowest BCUT2D eigenvalue weighted by molar-refractivity contribution is 0.881. The Bertz CT molecular complexity index is 1590. The number of para-hydroxylation sites is 2. The maximum atomic E-state index is 4.75. The highest BCUT2D eigenvalue weighted by molar-refractivity contribution is 5.80. The van der Waals surface area contributed by atoms with E-state index in [1.165, 1.54) is 6.33 Å². The molecule has 2 aromatic carbocycles. The van der Waals surface area contributed by atoms with Crippen LogP contribution in [0.1, 0.15) is 17.1 Å². The first-order chi connectivity index (χ1) is 17.8. The molecule has 0 spiro atoms. The molecule has 12 heteroatoms. The van der Waals surface area contributed by atoms with Gasteiger partial charge in [-0.15, -0.1) is 10.2 Å². The Morgan fingerprint density at radius 1 is 0.889 bits per heavy atom. The van der Waals surface area contributed by atoms with Gasteiger partial charge < -0.3 is 10.6 Å². The second-order valence-electron chi connectivity index (χ2n) is 7.87. The number of hydrogen-bond donors (Lipinski definition) is 3. The molecule has 0 unspecified atom stereocenters. The summed E-state index contributed by atoms with van der Waals surface area (Å²) in [6.45, 7) is 0.507. The summed E-state index contributed by atoms with van der Waals surface area (Å²) >= 11 is 0. The predicted octanol–water partition coefficient (Wildman–Crippen LogP) is 3.07. The Morgan fingerprint density at radius 2 is 1.83 bits per heavy atom. The number of rotatable bonds is 8. The number of aromatic nitrogens is 10. The van der Waals surface area contributed by atoms with Crippen molar-refractivity contribution in [1.82, 2.24) is 50.1 Å². The Labute approximate surface area is 204 Å². The van der Waals surface area contributed by atoms with E-state index in [2.05, 4.69) is 51.2 Å². The molecular weight excluding hydrogens is 456 g/mol. The van der Waals surface area contributed by atoms with E-state index in [1.807, 2.05) is 71.3 Å². The minimum Gasteiger partial charge on any atom is -0.350 e. The van der Waals surface area contributed by atoms with Crippen LogP contribution in [0.4, 0.5) is 17.6 Å². The van der Waals surface area contributed by atoms with E-state index in [4.69, 9.17) is 4.98 Å². The van der Waals surface area contributed by atoms with E-state index in [0.717, 1.165) is 28.0 Å². The van der Waals surface area contributed by atoms with Gasteiger partial charge in [-0.2, -0.15) is 10.2 Å². The molecule has 0 amide bonds. The van der Waals surface area contributed by atoms with Gasteiger partial charge in [0.15, 0.2) is 5.82 Å². The molecule has 0 saturated heterocycles. The van der Waals surface area contributed by atoms with Gasteiger partial charge in [0.1, 0.15) is 6.33 Å². The second-order valence-corrected chi connectivity index (χ2v) is 7.87. The van der Waals surface area contributed by atoms with Crippen molar-refractivity contribution >= 4 is 28.6 Å². The highest BCUT2D eigenvalue weighted by atomic mass is 15.5. The standard InChI is InChI=1S/C24H20N12/c1-2-10-20-19(9-1)30-23(26-14-18-7-3-4-11-25-18)36(20)24-28-15-27-22(31-24)29-17-8-5-6-16(12-17)13-21-32-34-35-33-21/h1-12,15H,13-14H2,(H,26,30)(H,27,28,29,31)(H,32,33,34,35). The fourth-order valence-electron chi connectivity index (χ4n) is 3.80. The molecule has 6 aromatic rings. The van der Waals surface area contributed by atoms with Crippen molar-refractivity contribution in [3.8, 4) is 5.95 Å². The molecule has 4 aromatic heterocycles. The number of nitrogens with zero attached hydrogens (tertiary/aromatic N) is 9. The summed E-state index contributed by atoms with van der Waals surface area (Å²) in [5, 5.41) is 20.7. The normalized spacial score (nSPS) is 11.0. The van der Waals surface area contributed by atoms with Crippen molar-refractivity contribution in [1.29, 1.82) is 0 Å². The van der Waals surface area contributed by atoms with Gasteiger partial charge in [0.25, 0.3) is 0 Å². The fourth-order valence-corrected chi connectivity index (χ4v) is 3.80. The van der Waals surface area contributed by atoms with E-state index < -0.39 is 0 Å². The number of benzene rings is 2. The third-order valence-corrected chi connectivity index (χ3v) is 5.41. The summed E-state index contributed by atoms with van der Waals surface area (Å²) in [5.74, 6) is 2.08. The molecule has 176 valence electrons. The molecule has 0 aliphatic heterocycles. The molecule has 0 atom stereocenters. The highest BCUT2D eigenvalue weighted by Crippen LogP contribution is 2.24. The lowest BCUT2D eigenvalue weighted by Gasteiger charge is -2.11. The number of nitrogens with one attached hydrogen (secondary N) is 3. The zero-order valence-electron chi connectivity index (χ0n) is 18.9. The molecule has 4 heterocycles. The van der Waals surface area contributed by atoms with E-state index in [1.54, 1.807) is 6.20 Å². The molecule has 0 bridgehead atoms. The Hall–Kier alpha value is -5.26. The minimum absolute atomic E-state index is 0.408. The fraction of sp³-hybridized carbons (Fsp3) is 0.0833. The van der Waals surface area contributed by atoms with Crippen molar-refractivity contribution in [3.63, 3.8) is 0 Å². The summed E-state index contributed by atoms with van der Waals surface area (Å²) in [4.78, 5) is 22.6. The van der Waals surface area contributed by atoms with Crippen LogP contribution in [0.15, 0.2) is 79.3 Å². The molecule has 12 nitrogen and oxygen atoms in total. The van der Waals surface area contributed by atoms with Gasteiger partial charge in [0.05, 0.1) is 23.3 Å². The second kappa shape index (κ2) is 9.54. The van der Waals surface area contributed by atoms with Crippen molar-refractivity contribution in [2.45, 2.75) is 13.0 Å². The average molecular weight is 477 g/mol. The quantitative estimate of drug-likeness (QED) is 0.299. The van der Waals surface area contributed by atoms with E-state index in [9.17, 15) is 0 Å². The molecule has 0 aliphatic carbocycles. The van der Waals surface area contributed by atoms with E-state index >= 15 is 0 Å². The summed E-state index contributed by atoms with van der Waals surface area (Å²) in [6.07, 6.45) is 3.80. The zero-order valence-corrected chi connectivity index (χ0v) is 18.9. The Morgan fingerprint density at radius 3 is 2.72 bits per heavy atom.